The van der Waals surface area contributed by atoms with Crippen molar-refractivity contribution in [2.24, 2.45) is 0 Å². The summed E-state index contributed by atoms with van der Waals surface area (Å²) in [6, 6.07) is 7.64. The Kier molecular flexibility index (Phi) is 2.60. The van der Waals surface area contributed by atoms with E-state index in [1.54, 1.807) is 0 Å². The van der Waals surface area contributed by atoms with Crippen molar-refractivity contribution in [2.45, 2.75) is 6.42 Å². The first-order chi connectivity index (χ1) is 8.72. The number of anilines is 1. The third kappa shape index (κ3) is 2.00. The second kappa shape index (κ2) is 4.27. The molecule has 6 heteroatoms. The van der Waals surface area contributed by atoms with Gasteiger partial charge in [0, 0.05) is 11.4 Å². The SMILES string of the molecule is Nc1ncnc2nc(Cc3ccc(Cl)cc3)[nH]c12. The first-order valence-corrected chi connectivity index (χ1v) is 5.79. The molecule has 1 aromatic carbocycles. The molecule has 0 saturated heterocycles. The zero-order valence-electron chi connectivity index (χ0n) is 9.39. The lowest BCUT2D eigenvalue weighted by Crippen LogP contribution is -1.92. The minimum atomic E-state index is 0.412. The van der Waals surface area contributed by atoms with Crippen molar-refractivity contribution in [1.29, 1.82) is 0 Å². The van der Waals surface area contributed by atoms with Gasteiger partial charge in [0.2, 0.25) is 0 Å². The van der Waals surface area contributed by atoms with Crippen LogP contribution in [0.1, 0.15) is 11.4 Å². The molecule has 0 spiro atoms. The van der Waals surface area contributed by atoms with Crippen molar-refractivity contribution in [3.63, 3.8) is 0 Å². The van der Waals surface area contributed by atoms with Crippen molar-refractivity contribution in [3.05, 3.63) is 47.0 Å². The van der Waals surface area contributed by atoms with Crippen LogP contribution in [0.3, 0.4) is 0 Å². The number of nitrogens with one attached hydrogen (secondary N) is 1. The first-order valence-electron chi connectivity index (χ1n) is 5.42. The van der Waals surface area contributed by atoms with Gasteiger partial charge in [0.1, 0.15) is 17.7 Å². The van der Waals surface area contributed by atoms with Gasteiger partial charge in [-0.15, -0.1) is 0 Å². The highest BCUT2D eigenvalue weighted by atomic mass is 35.5. The van der Waals surface area contributed by atoms with Gasteiger partial charge in [-0.3, -0.25) is 0 Å². The number of imidazole rings is 1. The van der Waals surface area contributed by atoms with Crippen LogP contribution in [0.5, 0.6) is 0 Å². The van der Waals surface area contributed by atoms with Gasteiger partial charge in [0.05, 0.1) is 0 Å². The number of H-pyrrole nitrogens is 1. The van der Waals surface area contributed by atoms with Gasteiger partial charge in [-0.25, -0.2) is 15.0 Å². The number of nitrogens with zero attached hydrogens (tertiary/aromatic N) is 3. The Morgan fingerprint density at radius 3 is 2.67 bits per heavy atom. The predicted molar refractivity (Wildman–Crippen MR) is 70.4 cm³/mol. The summed E-state index contributed by atoms with van der Waals surface area (Å²) in [6.07, 6.45) is 2.08. The fourth-order valence-corrected chi connectivity index (χ4v) is 1.90. The molecular formula is C12H10ClN5. The summed E-state index contributed by atoms with van der Waals surface area (Å²) >= 11 is 5.84. The van der Waals surface area contributed by atoms with Crippen LogP contribution in [0, 0.1) is 0 Å². The molecule has 0 radical (unpaired) electrons. The lowest BCUT2D eigenvalue weighted by atomic mass is 10.1. The van der Waals surface area contributed by atoms with Crippen molar-refractivity contribution < 1.29 is 0 Å². The van der Waals surface area contributed by atoms with Crippen LogP contribution >= 0.6 is 11.6 Å². The number of rotatable bonds is 2. The molecule has 0 bridgehead atoms. The van der Waals surface area contributed by atoms with Gasteiger partial charge in [-0.2, -0.15) is 0 Å². The minimum absolute atomic E-state index is 0.412. The van der Waals surface area contributed by atoms with Crippen LogP contribution in [0.2, 0.25) is 5.02 Å². The van der Waals surface area contributed by atoms with Crippen molar-refractivity contribution in [3.8, 4) is 0 Å². The van der Waals surface area contributed by atoms with E-state index in [1.165, 1.54) is 6.33 Å². The number of nitrogen functional groups attached to an aromatic ring is 1. The van der Waals surface area contributed by atoms with E-state index < -0.39 is 0 Å². The fourth-order valence-electron chi connectivity index (χ4n) is 1.77. The van der Waals surface area contributed by atoms with Gasteiger partial charge in [-0.1, -0.05) is 23.7 Å². The van der Waals surface area contributed by atoms with Crippen LogP contribution in [0.15, 0.2) is 30.6 Å². The van der Waals surface area contributed by atoms with Gasteiger partial charge >= 0.3 is 0 Å². The van der Waals surface area contributed by atoms with Gasteiger partial charge < -0.3 is 10.7 Å². The smallest absolute Gasteiger partial charge is 0.183 e. The zero-order valence-corrected chi connectivity index (χ0v) is 10.1. The Morgan fingerprint density at radius 2 is 1.94 bits per heavy atom. The molecule has 0 saturated carbocycles. The fraction of sp³-hybridized carbons (Fsp3) is 0.0833. The Labute approximate surface area is 108 Å². The van der Waals surface area contributed by atoms with Gasteiger partial charge in [0.25, 0.3) is 0 Å². The Morgan fingerprint density at radius 1 is 1.17 bits per heavy atom. The largest absolute Gasteiger partial charge is 0.382 e. The summed E-state index contributed by atoms with van der Waals surface area (Å²) in [7, 11) is 0. The third-order valence-electron chi connectivity index (χ3n) is 2.65. The quantitative estimate of drug-likeness (QED) is 0.739. The second-order valence-corrected chi connectivity index (χ2v) is 4.38. The molecule has 0 aliphatic heterocycles. The van der Waals surface area contributed by atoms with Gasteiger partial charge in [-0.05, 0) is 17.7 Å². The van der Waals surface area contributed by atoms with E-state index in [4.69, 9.17) is 17.3 Å². The summed E-state index contributed by atoms with van der Waals surface area (Å²) in [4.78, 5) is 15.5. The average molecular weight is 260 g/mol. The lowest BCUT2D eigenvalue weighted by molar-refractivity contribution is 1.03. The van der Waals surface area contributed by atoms with Gasteiger partial charge in [0.15, 0.2) is 11.5 Å². The van der Waals surface area contributed by atoms with Crippen molar-refractivity contribution in [2.75, 3.05) is 5.73 Å². The summed E-state index contributed by atoms with van der Waals surface area (Å²) in [6.45, 7) is 0. The van der Waals surface area contributed by atoms with Crippen LogP contribution in [0.4, 0.5) is 5.82 Å². The maximum atomic E-state index is 5.84. The molecule has 3 rings (SSSR count). The summed E-state index contributed by atoms with van der Waals surface area (Å²) < 4.78 is 0. The molecule has 0 atom stereocenters. The molecule has 0 unspecified atom stereocenters. The van der Waals surface area contributed by atoms with E-state index in [0.29, 0.717) is 23.4 Å². The van der Waals surface area contributed by atoms with E-state index >= 15 is 0 Å². The molecular weight excluding hydrogens is 250 g/mol. The van der Waals surface area contributed by atoms with Crippen LogP contribution in [-0.2, 0) is 6.42 Å². The molecule has 5 nitrogen and oxygen atoms in total. The Hall–Kier alpha value is -2.14. The van der Waals surface area contributed by atoms with Crippen molar-refractivity contribution >= 4 is 28.6 Å². The molecule has 0 aliphatic carbocycles. The van der Waals surface area contributed by atoms with Crippen LogP contribution in [-0.4, -0.2) is 19.9 Å². The Balaban J connectivity index is 1.95. The molecule has 2 heterocycles. The van der Waals surface area contributed by atoms with E-state index in [9.17, 15) is 0 Å². The summed E-state index contributed by atoms with van der Waals surface area (Å²) in [5, 5.41) is 0.721. The number of benzene rings is 1. The molecule has 2 aromatic heterocycles. The number of aromatic nitrogens is 4. The molecule has 0 aliphatic rings. The van der Waals surface area contributed by atoms with E-state index in [-0.39, 0.29) is 0 Å². The average Bonchev–Trinajstić information content (AvgIpc) is 2.76. The lowest BCUT2D eigenvalue weighted by Gasteiger charge is -1.97. The number of nitrogens with two attached hydrogens (primary N) is 1. The number of hydrogen-bond donors (Lipinski definition) is 2. The Bertz CT molecular complexity index is 689. The first kappa shape index (κ1) is 11.0. The third-order valence-corrected chi connectivity index (χ3v) is 2.90. The van der Waals surface area contributed by atoms with E-state index in [1.807, 2.05) is 24.3 Å². The normalized spacial score (nSPS) is 10.9. The topological polar surface area (TPSA) is 80.5 Å². The molecule has 18 heavy (non-hydrogen) atoms. The summed E-state index contributed by atoms with van der Waals surface area (Å²) in [5.41, 5.74) is 8.13. The number of hydrogen-bond acceptors (Lipinski definition) is 4. The maximum absolute atomic E-state index is 5.84. The summed E-state index contributed by atoms with van der Waals surface area (Å²) in [5.74, 6) is 1.22. The number of halogens is 1. The number of fused-ring (bicyclic) bond motifs is 1. The molecule has 0 amide bonds. The molecule has 90 valence electrons. The van der Waals surface area contributed by atoms with Crippen molar-refractivity contribution in [1.82, 2.24) is 19.9 Å². The minimum Gasteiger partial charge on any atom is -0.382 e. The highest BCUT2D eigenvalue weighted by Gasteiger charge is 2.07. The number of aromatic amines is 1. The van der Waals surface area contributed by atoms with Crippen LogP contribution in [0.25, 0.3) is 11.2 Å². The zero-order chi connectivity index (χ0) is 12.5. The highest BCUT2D eigenvalue weighted by Crippen LogP contribution is 2.16. The van der Waals surface area contributed by atoms with E-state index in [0.717, 1.165) is 16.4 Å². The molecule has 3 aromatic rings. The predicted octanol–water partition coefficient (Wildman–Crippen LogP) is 2.18. The second-order valence-electron chi connectivity index (χ2n) is 3.94. The highest BCUT2D eigenvalue weighted by molar-refractivity contribution is 6.30. The monoisotopic (exact) mass is 259 g/mol. The standard InChI is InChI=1S/C12H10ClN5/c13-8-3-1-7(2-4-8)5-9-17-10-11(14)15-6-16-12(10)18-9/h1-4,6H,5H2,(H3,14,15,16,17,18). The van der Waals surface area contributed by atoms with Crippen LogP contribution < -0.4 is 5.73 Å². The maximum Gasteiger partial charge on any atom is 0.183 e. The molecule has 3 N–H and O–H groups in total. The molecule has 0 fully saturated rings. The van der Waals surface area contributed by atoms with E-state index in [2.05, 4.69) is 19.9 Å².